The Kier molecular flexibility index (Phi) is 9.53. The second-order valence-electron chi connectivity index (χ2n) is 9.97. The molecular weight excluding hydrogens is 503 g/mol. The second kappa shape index (κ2) is 13.0. The fraction of sp³-hybridized carbons (Fsp3) is 0.483. The number of carbonyl (C=O) groups excluding carboxylic acids is 2. The molecule has 2 aromatic carbocycles. The average molecular weight is 541 g/mol. The van der Waals surface area contributed by atoms with Crippen LogP contribution in [0.3, 0.4) is 0 Å². The molecule has 210 valence electrons. The van der Waals surface area contributed by atoms with E-state index in [4.69, 9.17) is 14.2 Å². The molecule has 0 N–H and O–H groups in total. The predicted octanol–water partition coefficient (Wildman–Crippen LogP) is 3.34. The number of nitrogens with zero attached hydrogens (tertiary/aromatic N) is 4. The van der Waals surface area contributed by atoms with Gasteiger partial charge >= 0.3 is 0 Å². The molecule has 0 bridgehead atoms. The van der Waals surface area contributed by atoms with Crippen LogP contribution in [0.4, 0.5) is 4.39 Å². The first kappa shape index (κ1) is 28.5. The molecule has 0 spiro atoms. The number of morpholine rings is 1. The minimum atomic E-state index is -0.498. The minimum Gasteiger partial charge on any atom is -0.493 e. The number of halogens is 1. The van der Waals surface area contributed by atoms with Crippen molar-refractivity contribution in [2.24, 2.45) is 11.0 Å². The van der Waals surface area contributed by atoms with Gasteiger partial charge in [0, 0.05) is 44.1 Å². The Bertz CT molecular complexity index is 1200. The van der Waals surface area contributed by atoms with Crippen LogP contribution in [0.1, 0.15) is 37.4 Å². The lowest BCUT2D eigenvalue weighted by molar-refractivity contribution is -0.143. The number of hydrazone groups is 1. The lowest BCUT2D eigenvalue weighted by Crippen LogP contribution is -2.47. The number of carbonyl (C=O) groups is 2. The molecule has 39 heavy (non-hydrogen) atoms. The summed E-state index contributed by atoms with van der Waals surface area (Å²) in [5.74, 6) is -0.0270. The van der Waals surface area contributed by atoms with Gasteiger partial charge in [-0.25, -0.2) is 9.40 Å². The van der Waals surface area contributed by atoms with Crippen molar-refractivity contribution < 1.29 is 28.2 Å². The van der Waals surface area contributed by atoms with E-state index in [-0.39, 0.29) is 24.3 Å². The zero-order chi connectivity index (χ0) is 27.9. The number of hydrogen-bond acceptors (Lipinski definition) is 7. The molecule has 9 nitrogen and oxygen atoms in total. The summed E-state index contributed by atoms with van der Waals surface area (Å²) in [7, 11) is 3.10. The average Bonchev–Trinajstić information content (AvgIpc) is 3.40. The monoisotopic (exact) mass is 540 g/mol. The van der Waals surface area contributed by atoms with Gasteiger partial charge in [0.15, 0.2) is 11.5 Å². The summed E-state index contributed by atoms with van der Waals surface area (Å²) < 4.78 is 31.0. The van der Waals surface area contributed by atoms with Gasteiger partial charge in [-0.1, -0.05) is 38.1 Å². The lowest BCUT2D eigenvalue weighted by Gasteiger charge is -2.31. The van der Waals surface area contributed by atoms with E-state index in [0.29, 0.717) is 55.5 Å². The van der Waals surface area contributed by atoms with Gasteiger partial charge in [-0.05, 0) is 23.8 Å². The Morgan fingerprint density at radius 1 is 1.10 bits per heavy atom. The van der Waals surface area contributed by atoms with E-state index in [2.05, 4.69) is 10.0 Å². The number of rotatable bonds is 10. The number of methoxy groups -OCH3 is 2. The molecular formula is C29H37FN4O5. The number of benzene rings is 2. The van der Waals surface area contributed by atoms with Crippen molar-refractivity contribution in [3.8, 4) is 11.5 Å². The van der Waals surface area contributed by atoms with Crippen molar-refractivity contribution in [1.82, 2.24) is 14.8 Å². The molecule has 1 atom stereocenters. The summed E-state index contributed by atoms with van der Waals surface area (Å²) in [6.07, 6.45) is 0.314. The van der Waals surface area contributed by atoms with Gasteiger partial charge in [-0.2, -0.15) is 5.10 Å². The smallest absolute Gasteiger partial charge is 0.262 e. The van der Waals surface area contributed by atoms with Crippen molar-refractivity contribution >= 4 is 17.5 Å². The van der Waals surface area contributed by atoms with Crippen LogP contribution in [0.25, 0.3) is 0 Å². The second-order valence-corrected chi connectivity index (χ2v) is 9.97. The Morgan fingerprint density at radius 2 is 1.82 bits per heavy atom. The van der Waals surface area contributed by atoms with Crippen LogP contribution >= 0.6 is 0 Å². The Balaban J connectivity index is 1.61. The van der Waals surface area contributed by atoms with Crippen LogP contribution < -0.4 is 9.47 Å². The number of hydrogen-bond donors (Lipinski definition) is 0. The van der Waals surface area contributed by atoms with Crippen molar-refractivity contribution in [3.05, 3.63) is 59.4 Å². The fourth-order valence-corrected chi connectivity index (χ4v) is 4.87. The third-order valence-electron chi connectivity index (χ3n) is 7.06. The van der Waals surface area contributed by atoms with Gasteiger partial charge in [0.25, 0.3) is 5.91 Å². The minimum absolute atomic E-state index is 0.100. The molecule has 2 aliphatic rings. The third kappa shape index (κ3) is 6.75. The first-order chi connectivity index (χ1) is 18.8. The molecule has 1 saturated heterocycles. The van der Waals surface area contributed by atoms with Crippen LogP contribution in [0.2, 0.25) is 0 Å². The normalized spacial score (nSPS) is 17.7. The summed E-state index contributed by atoms with van der Waals surface area (Å²) in [4.78, 5) is 30.7. The Hall–Kier alpha value is -3.50. The van der Waals surface area contributed by atoms with Crippen molar-refractivity contribution in [2.75, 3.05) is 60.2 Å². The first-order valence-electron chi connectivity index (χ1n) is 13.3. The third-order valence-corrected chi connectivity index (χ3v) is 7.06. The highest BCUT2D eigenvalue weighted by Gasteiger charge is 2.36. The van der Waals surface area contributed by atoms with E-state index in [0.717, 1.165) is 18.7 Å². The zero-order valence-electron chi connectivity index (χ0n) is 23.1. The molecule has 2 aromatic rings. The fourth-order valence-electron chi connectivity index (χ4n) is 4.87. The molecule has 2 aliphatic heterocycles. The predicted molar refractivity (Wildman–Crippen MR) is 145 cm³/mol. The number of amides is 2. The standard InChI is InChI=1S/C29H37FN4O5/c1-20(2)29(36)33(12-11-32-13-15-39-16-14-32)19-28(35)34-25(21-9-10-26(37-3)27(17-21)38-4)18-24(31-34)22-7-5-6-8-23(22)30/h5-10,17,20,25H,11-16,18-19H2,1-4H3. The highest BCUT2D eigenvalue weighted by molar-refractivity contribution is 6.03. The van der Waals surface area contributed by atoms with E-state index in [1.807, 2.05) is 19.9 Å². The van der Waals surface area contributed by atoms with E-state index >= 15 is 0 Å². The Labute approximate surface area is 229 Å². The maximum absolute atomic E-state index is 14.7. The van der Waals surface area contributed by atoms with E-state index in [1.165, 1.54) is 11.1 Å². The summed E-state index contributed by atoms with van der Waals surface area (Å²) in [5, 5.41) is 5.99. The highest BCUT2D eigenvalue weighted by Crippen LogP contribution is 2.37. The molecule has 2 heterocycles. The van der Waals surface area contributed by atoms with Gasteiger partial charge in [0.1, 0.15) is 12.4 Å². The van der Waals surface area contributed by atoms with E-state index in [1.54, 1.807) is 49.5 Å². The maximum Gasteiger partial charge on any atom is 0.262 e. The summed E-state index contributed by atoms with van der Waals surface area (Å²) in [6.45, 7) is 7.49. The summed E-state index contributed by atoms with van der Waals surface area (Å²) >= 11 is 0. The molecule has 10 heteroatoms. The molecule has 0 radical (unpaired) electrons. The van der Waals surface area contributed by atoms with Crippen LogP contribution in [-0.4, -0.2) is 92.5 Å². The van der Waals surface area contributed by atoms with Crippen molar-refractivity contribution in [2.45, 2.75) is 26.3 Å². The quantitative estimate of drug-likeness (QED) is 0.460. The largest absolute Gasteiger partial charge is 0.493 e. The maximum atomic E-state index is 14.7. The van der Waals surface area contributed by atoms with Crippen molar-refractivity contribution in [1.29, 1.82) is 0 Å². The van der Waals surface area contributed by atoms with Crippen LogP contribution in [0.15, 0.2) is 47.6 Å². The molecule has 0 aromatic heterocycles. The highest BCUT2D eigenvalue weighted by atomic mass is 19.1. The molecule has 0 aliphatic carbocycles. The van der Waals surface area contributed by atoms with Crippen LogP contribution in [0.5, 0.6) is 11.5 Å². The molecule has 4 rings (SSSR count). The zero-order valence-corrected chi connectivity index (χ0v) is 23.1. The van der Waals surface area contributed by atoms with Crippen LogP contribution in [-0.2, 0) is 14.3 Å². The van der Waals surface area contributed by atoms with Gasteiger partial charge in [-0.15, -0.1) is 0 Å². The lowest BCUT2D eigenvalue weighted by atomic mass is 9.97. The molecule has 1 fully saturated rings. The van der Waals surface area contributed by atoms with Gasteiger partial charge in [0.2, 0.25) is 5.91 Å². The Morgan fingerprint density at radius 3 is 2.49 bits per heavy atom. The van der Waals surface area contributed by atoms with Crippen LogP contribution in [0, 0.1) is 11.7 Å². The van der Waals surface area contributed by atoms with E-state index in [9.17, 15) is 14.0 Å². The van der Waals surface area contributed by atoms with Gasteiger partial charge in [-0.3, -0.25) is 14.5 Å². The van der Waals surface area contributed by atoms with Gasteiger partial charge in [0.05, 0.1) is 39.2 Å². The summed E-state index contributed by atoms with van der Waals surface area (Å²) in [5.41, 5.74) is 1.59. The number of ether oxygens (including phenoxy) is 3. The first-order valence-corrected chi connectivity index (χ1v) is 13.3. The summed E-state index contributed by atoms with van der Waals surface area (Å²) in [6, 6.07) is 11.3. The molecule has 1 unspecified atom stereocenters. The van der Waals surface area contributed by atoms with Crippen molar-refractivity contribution in [3.63, 3.8) is 0 Å². The van der Waals surface area contributed by atoms with E-state index < -0.39 is 11.9 Å². The molecule has 2 amide bonds. The topological polar surface area (TPSA) is 83.9 Å². The van der Waals surface area contributed by atoms with Gasteiger partial charge < -0.3 is 19.1 Å². The SMILES string of the molecule is COc1ccc(C2CC(c3ccccc3F)=NN2C(=O)CN(CCN2CCOCC2)C(=O)C(C)C)cc1OC. The molecule has 0 saturated carbocycles.